The van der Waals surface area contributed by atoms with E-state index in [1.807, 2.05) is 0 Å². The van der Waals surface area contributed by atoms with Gasteiger partial charge in [0.2, 0.25) is 0 Å². The van der Waals surface area contributed by atoms with Crippen LogP contribution in [0.5, 0.6) is 0 Å². The molecule has 4 unspecified atom stereocenters. The van der Waals surface area contributed by atoms with Gasteiger partial charge in [0.1, 0.15) is 0 Å². The molecule has 11 heteroatoms. The molecule has 0 aliphatic heterocycles. The van der Waals surface area contributed by atoms with E-state index in [0.717, 1.165) is 0 Å². The SMILES string of the molecule is O=S(=O)(O)C1CCCC(S(=O)(=O)C2CCCC(S(=O)(=O)O)C2)C1. The second-order valence-electron chi connectivity index (χ2n) is 6.44. The summed E-state index contributed by atoms with van der Waals surface area (Å²) >= 11 is 0. The van der Waals surface area contributed by atoms with E-state index in [9.17, 15) is 25.3 Å². The van der Waals surface area contributed by atoms with Crippen molar-refractivity contribution in [3.63, 3.8) is 0 Å². The summed E-state index contributed by atoms with van der Waals surface area (Å²) in [7, 11) is -12.3. The molecule has 8 nitrogen and oxygen atoms in total. The second kappa shape index (κ2) is 6.58. The Morgan fingerprint density at radius 2 is 0.870 bits per heavy atom. The van der Waals surface area contributed by atoms with Crippen molar-refractivity contribution in [2.45, 2.75) is 72.4 Å². The first-order valence-electron chi connectivity index (χ1n) is 7.57. The van der Waals surface area contributed by atoms with E-state index >= 15 is 0 Å². The lowest BCUT2D eigenvalue weighted by Gasteiger charge is -2.33. The van der Waals surface area contributed by atoms with Crippen molar-refractivity contribution < 1.29 is 34.4 Å². The summed E-state index contributed by atoms with van der Waals surface area (Å²) in [6, 6.07) is 0. The molecule has 0 aromatic heterocycles. The maximum Gasteiger partial charge on any atom is 0.267 e. The quantitative estimate of drug-likeness (QED) is 0.671. The summed E-state index contributed by atoms with van der Waals surface area (Å²) in [5.41, 5.74) is 0. The first-order chi connectivity index (χ1) is 10.4. The molecule has 0 amide bonds. The Morgan fingerprint density at radius 3 is 1.17 bits per heavy atom. The van der Waals surface area contributed by atoms with Crippen molar-refractivity contribution in [3.8, 4) is 0 Å². The summed E-state index contributed by atoms with van der Waals surface area (Å²) in [6.07, 6.45) is 1.50. The fourth-order valence-electron chi connectivity index (χ4n) is 3.61. The van der Waals surface area contributed by atoms with Crippen molar-refractivity contribution in [3.05, 3.63) is 0 Å². The molecule has 2 aliphatic rings. The molecule has 2 N–H and O–H groups in total. The fourth-order valence-corrected chi connectivity index (χ4v) is 8.27. The average Bonchev–Trinajstić information content (AvgIpc) is 2.46. The monoisotopic (exact) mass is 390 g/mol. The minimum Gasteiger partial charge on any atom is -0.285 e. The number of rotatable bonds is 4. The normalized spacial score (nSPS) is 34.2. The van der Waals surface area contributed by atoms with Gasteiger partial charge in [-0.15, -0.1) is 0 Å². The Bertz CT molecular complexity index is 679. The standard InChI is InChI=1S/C12H22O8S3/c13-21(14,9-3-1-5-11(7-9)22(15,16)17)10-4-2-6-12(8-10)23(18,19)20/h9-12H,1-8H2,(H,15,16,17)(H,18,19,20). The maximum absolute atomic E-state index is 12.7. The maximum atomic E-state index is 12.7. The topological polar surface area (TPSA) is 143 Å². The molecule has 0 spiro atoms. The van der Waals surface area contributed by atoms with Crippen LogP contribution in [0.25, 0.3) is 0 Å². The zero-order valence-electron chi connectivity index (χ0n) is 12.5. The van der Waals surface area contributed by atoms with E-state index in [0.29, 0.717) is 25.7 Å². The lowest BCUT2D eigenvalue weighted by Crippen LogP contribution is -2.42. The Hall–Kier alpha value is -0.230. The van der Waals surface area contributed by atoms with Crippen LogP contribution in [0.3, 0.4) is 0 Å². The molecule has 0 aromatic carbocycles. The van der Waals surface area contributed by atoms with Crippen LogP contribution in [-0.4, -0.2) is 55.4 Å². The van der Waals surface area contributed by atoms with Crippen LogP contribution >= 0.6 is 0 Å². The minimum atomic E-state index is -4.28. The molecule has 0 bridgehead atoms. The predicted molar refractivity (Wildman–Crippen MR) is 84.1 cm³/mol. The minimum absolute atomic E-state index is 0.159. The molecule has 0 saturated heterocycles. The van der Waals surface area contributed by atoms with Gasteiger partial charge in [-0.25, -0.2) is 8.42 Å². The van der Waals surface area contributed by atoms with Gasteiger partial charge in [0, 0.05) is 0 Å². The summed E-state index contributed by atoms with van der Waals surface area (Å²) < 4.78 is 88.8. The molecular weight excluding hydrogens is 368 g/mol. The molecular formula is C12H22O8S3. The van der Waals surface area contributed by atoms with Crippen LogP contribution in [0.15, 0.2) is 0 Å². The summed E-state index contributed by atoms with van der Waals surface area (Å²) in [6.45, 7) is 0. The highest BCUT2D eigenvalue weighted by Crippen LogP contribution is 2.35. The number of hydrogen-bond acceptors (Lipinski definition) is 6. The summed E-state index contributed by atoms with van der Waals surface area (Å²) in [5, 5.41) is -3.96. The van der Waals surface area contributed by atoms with Crippen LogP contribution in [0.1, 0.15) is 51.4 Å². The van der Waals surface area contributed by atoms with E-state index in [-0.39, 0.29) is 25.7 Å². The Kier molecular flexibility index (Phi) is 5.47. The molecule has 2 fully saturated rings. The van der Waals surface area contributed by atoms with Crippen molar-refractivity contribution in [1.29, 1.82) is 0 Å². The smallest absolute Gasteiger partial charge is 0.267 e. The van der Waals surface area contributed by atoms with Crippen LogP contribution in [0.2, 0.25) is 0 Å². The van der Waals surface area contributed by atoms with E-state index in [2.05, 4.69) is 0 Å². The molecule has 4 atom stereocenters. The highest BCUT2D eigenvalue weighted by atomic mass is 32.2. The highest BCUT2D eigenvalue weighted by Gasteiger charge is 2.43. The first kappa shape index (κ1) is 19.1. The Balaban J connectivity index is 2.17. The lowest BCUT2D eigenvalue weighted by atomic mass is 9.99. The highest BCUT2D eigenvalue weighted by molar-refractivity contribution is 7.93. The van der Waals surface area contributed by atoms with Gasteiger partial charge in [-0.1, -0.05) is 12.8 Å². The van der Waals surface area contributed by atoms with Gasteiger partial charge in [-0.2, -0.15) is 16.8 Å². The molecule has 0 aromatic rings. The van der Waals surface area contributed by atoms with Gasteiger partial charge in [0.15, 0.2) is 9.84 Å². The van der Waals surface area contributed by atoms with Crippen molar-refractivity contribution in [2.75, 3.05) is 0 Å². The van der Waals surface area contributed by atoms with Crippen LogP contribution in [0, 0.1) is 0 Å². The van der Waals surface area contributed by atoms with Gasteiger partial charge < -0.3 is 0 Å². The third kappa shape index (κ3) is 4.44. The van der Waals surface area contributed by atoms with Crippen molar-refractivity contribution in [1.82, 2.24) is 0 Å². The second-order valence-corrected chi connectivity index (χ2v) is 12.3. The zero-order valence-corrected chi connectivity index (χ0v) is 15.0. The van der Waals surface area contributed by atoms with E-state index in [1.165, 1.54) is 0 Å². The fraction of sp³-hybridized carbons (Fsp3) is 1.00. The first-order valence-corrected chi connectivity index (χ1v) is 12.2. The third-order valence-electron chi connectivity index (χ3n) is 4.93. The average molecular weight is 391 g/mol. The Morgan fingerprint density at radius 1 is 0.565 bits per heavy atom. The molecule has 0 heterocycles. The van der Waals surface area contributed by atoms with Crippen LogP contribution < -0.4 is 0 Å². The molecule has 2 rings (SSSR count). The van der Waals surface area contributed by atoms with Crippen LogP contribution in [0.4, 0.5) is 0 Å². The van der Waals surface area contributed by atoms with Gasteiger partial charge in [0.25, 0.3) is 20.2 Å². The van der Waals surface area contributed by atoms with Gasteiger partial charge in [-0.3, -0.25) is 9.11 Å². The number of hydrogen-bond donors (Lipinski definition) is 2. The molecule has 2 aliphatic carbocycles. The predicted octanol–water partition coefficient (Wildman–Crippen LogP) is 0.799. The van der Waals surface area contributed by atoms with Crippen molar-refractivity contribution in [2.24, 2.45) is 0 Å². The molecule has 0 radical (unpaired) electrons. The lowest BCUT2D eigenvalue weighted by molar-refractivity contribution is 0.408. The molecule has 2 saturated carbocycles. The van der Waals surface area contributed by atoms with E-state index in [1.54, 1.807) is 0 Å². The van der Waals surface area contributed by atoms with Gasteiger partial charge in [0.05, 0.1) is 21.0 Å². The zero-order chi connectivity index (χ0) is 17.5. The van der Waals surface area contributed by atoms with E-state index in [4.69, 9.17) is 9.11 Å². The van der Waals surface area contributed by atoms with Crippen LogP contribution in [-0.2, 0) is 30.1 Å². The Labute approximate surface area is 137 Å². The third-order valence-corrected chi connectivity index (χ3v) is 10.2. The van der Waals surface area contributed by atoms with Gasteiger partial charge in [-0.05, 0) is 38.5 Å². The number of sulfone groups is 1. The largest absolute Gasteiger partial charge is 0.285 e. The van der Waals surface area contributed by atoms with Crippen molar-refractivity contribution >= 4 is 30.1 Å². The van der Waals surface area contributed by atoms with Gasteiger partial charge >= 0.3 is 0 Å². The molecule has 23 heavy (non-hydrogen) atoms. The summed E-state index contributed by atoms with van der Waals surface area (Å²) in [4.78, 5) is 0. The summed E-state index contributed by atoms with van der Waals surface area (Å²) in [5.74, 6) is 0. The van der Waals surface area contributed by atoms with E-state index < -0.39 is 51.1 Å². The molecule has 136 valence electrons.